The molecule has 1 aliphatic rings. The van der Waals surface area contributed by atoms with Crippen LogP contribution in [0.3, 0.4) is 0 Å². The van der Waals surface area contributed by atoms with Gasteiger partial charge >= 0.3 is 18.0 Å². The van der Waals surface area contributed by atoms with Crippen molar-refractivity contribution < 1.29 is 54.6 Å². The molecule has 24 heavy (non-hydrogen) atoms. The first-order valence-corrected chi connectivity index (χ1v) is 6.64. The number of nitrogens with one attached hydrogen (secondary N) is 2. The van der Waals surface area contributed by atoms with Crippen LogP contribution in [-0.2, 0) is 19.1 Å². The number of hydroxylamine groups is 1. The summed E-state index contributed by atoms with van der Waals surface area (Å²) >= 11 is 0. The second kappa shape index (κ2) is 8.72. The van der Waals surface area contributed by atoms with Crippen molar-refractivity contribution in [2.75, 3.05) is 6.61 Å². The van der Waals surface area contributed by atoms with Gasteiger partial charge in [0, 0.05) is 0 Å². The molecule has 0 unspecified atom stereocenters. The molecule has 0 bridgehead atoms. The van der Waals surface area contributed by atoms with Crippen LogP contribution < -0.4 is 10.8 Å². The molecule has 1 fully saturated rings. The predicted molar refractivity (Wildman–Crippen MR) is 69.8 cm³/mol. The number of amides is 2. The molecule has 0 spiro atoms. The summed E-state index contributed by atoms with van der Waals surface area (Å²) in [7, 11) is 0. The van der Waals surface area contributed by atoms with Crippen LogP contribution >= 0.6 is 0 Å². The number of carbonyl (C=O) groups excluding carboxylic acids is 1. The van der Waals surface area contributed by atoms with Gasteiger partial charge in [-0.15, -0.1) is 0 Å². The van der Waals surface area contributed by atoms with E-state index in [1.54, 1.807) is 0 Å². The first kappa shape index (κ1) is 20.0. The lowest BCUT2D eigenvalue weighted by Crippen LogP contribution is -2.66. The molecule has 2 amide bonds. The molecule has 1 aliphatic heterocycles. The van der Waals surface area contributed by atoms with E-state index in [2.05, 4.69) is 0 Å². The number of rotatable bonds is 7. The maximum absolute atomic E-state index is 11.2. The van der Waals surface area contributed by atoms with Crippen molar-refractivity contribution in [3.8, 4) is 0 Å². The molecular weight excluding hydrogens is 336 g/mol. The standard InChI is InChI=1S/C11H18N2O11/c14-2-4-7(17)8(18)6(12-11(21)13-22)10(24-4)23-3(9(19)20)1-5(15)16/h3-4,6-8,10,14,17-18,22H,1-2H2,(H,15,16)(H,19,20)(H2,12,13,21)/t3-,4+,6+,7+,8+,10-/m0/s1. The third-order valence-corrected chi connectivity index (χ3v) is 3.21. The number of carboxylic acid groups (broad SMARTS) is 2. The molecule has 138 valence electrons. The molecule has 0 aliphatic carbocycles. The van der Waals surface area contributed by atoms with Gasteiger partial charge in [-0.05, 0) is 0 Å². The highest BCUT2D eigenvalue weighted by Gasteiger charge is 2.47. The van der Waals surface area contributed by atoms with E-state index in [0.717, 1.165) is 0 Å². The summed E-state index contributed by atoms with van der Waals surface area (Å²) in [5, 5.41) is 56.9. The van der Waals surface area contributed by atoms with E-state index in [-0.39, 0.29) is 0 Å². The maximum atomic E-state index is 11.2. The van der Waals surface area contributed by atoms with Gasteiger partial charge in [0.2, 0.25) is 0 Å². The first-order chi connectivity index (χ1) is 11.2. The van der Waals surface area contributed by atoms with Crippen molar-refractivity contribution in [2.45, 2.75) is 43.2 Å². The van der Waals surface area contributed by atoms with E-state index in [1.807, 2.05) is 5.32 Å². The minimum atomic E-state index is -1.89. The number of aliphatic carboxylic acids is 2. The van der Waals surface area contributed by atoms with Crippen LogP contribution in [0.5, 0.6) is 0 Å². The molecule has 6 atom stereocenters. The predicted octanol–water partition coefficient (Wildman–Crippen LogP) is -3.57. The highest BCUT2D eigenvalue weighted by Crippen LogP contribution is 2.23. The van der Waals surface area contributed by atoms with Crippen LogP contribution in [0.25, 0.3) is 0 Å². The van der Waals surface area contributed by atoms with Crippen molar-refractivity contribution in [3.63, 3.8) is 0 Å². The summed E-state index contributed by atoms with van der Waals surface area (Å²) in [6.45, 7) is -0.770. The van der Waals surface area contributed by atoms with Gasteiger partial charge in [-0.25, -0.2) is 15.1 Å². The average molecular weight is 354 g/mol. The number of ether oxygens (including phenoxy) is 2. The third kappa shape index (κ3) is 4.98. The summed E-state index contributed by atoms with van der Waals surface area (Å²) in [5.74, 6) is -3.14. The van der Waals surface area contributed by atoms with E-state index >= 15 is 0 Å². The Bertz CT molecular complexity index is 473. The zero-order chi connectivity index (χ0) is 18.4. The number of carbonyl (C=O) groups is 3. The molecular formula is C11H18N2O11. The average Bonchev–Trinajstić information content (AvgIpc) is 2.52. The second-order valence-corrected chi connectivity index (χ2v) is 4.88. The van der Waals surface area contributed by atoms with Crippen molar-refractivity contribution in [3.05, 3.63) is 0 Å². The zero-order valence-corrected chi connectivity index (χ0v) is 12.1. The van der Waals surface area contributed by atoms with Gasteiger partial charge in [0.05, 0.1) is 13.0 Å². The van der Waals surface area contributed by atoms with Crippen molar-refractivity contribution in [1.82, 2.24) is 10.8 Å². The monoisotopic (exact) mass is 354 g/mol. The second-order valence-electron chi connectivity index (χ2n) is 4.88. The van der Waals surface area contributed by atoms with Gasteiger partial charge in [0.15, 0.2) is 12.4 Å². The van der Waals surface area contributed by atoms with Crippen molar-refractivity contribution in [1.29, 1.82) is 0 Å². The van der Waals surface area contributed by atoms with Crippen LogP contribution in [-0.4, -0.2) is 92.1 Å². The minimum Gasteiger partial charge on any atom is -0.481 e. The van der Waals surface area contributed by atoms with E-state index in [9.17, 15) is 24.6 Å². The normalized spacial score (nSPS) is 31.1. The summed E-state index contributed by atoms with van der Waals surface area (Å²) in [4.78, 5) is 32.9. The van der Waals surface area contributed by atoms with Gasteiger partial charge in [-0.3, -0.25) is 10.0 Å². The summed E-state index contributed by atoms with van der Waals surface area (Å²) in [5.41, 5.74) is 1.19. The minimum absolute atomic E-state index is 0.770. The SMILES string of the molecule is O=C(O)C[C@H](O[C@H]1O[C@H](CO)[C@@H](O)[C@H](O)[C@H]1NC(=O)NO)C(=O)O. The largest absolute Gasteiger partial charge is 0.481 e. The smallest absolute Gasteiger partial charge is 0.338 e. The number of aliphatic hydroxyl groups excluding tert-OH is 3. The Morgan fingerprint density at radius 3 is 2.25 bits per heavy atom. The lowest BCUT2D eigenvalue weighted by atomic mass is 9.97. The molecule has 1 saturated heterocycles. The van der Waals surface area contributed by atoms with E-state index < -0.39 is 67.7 Å². The Morgan fingerprint density at radius 2 is 1.79 bits per heavy atom. The Morgan fingerprint density at radius 1 is 1.17 bits per heavy atom. The van der Waals surface area contributed by atoms with Crippen LogP contribution in [0.2, 0.25) is 0 Å². The lowest BCUT2D eigenvalue weighted by Gasteiger charge is -2.42. The molecule has 0 aromatic carbocycles. The number of hydrogen-bond acceptors (Lipinski definition) is 9. The maximum Gasteiger partial charge on any atom is 0.338 e. The quantitative estimate of drug-likeness (QED) is 0.165. The van der Waals surface area contributed by atoms with E-state index in [1.165, 1.54) is 5.48 Å². The number of hydrogen-bond donors (Lipinski definition) is 8. The lowest BCUT2D eigenvalue weighted by molar-refractivity contribution is -0.280. The first-order valence-electron chi connectivity index (χ1n) is 6.64. The van der Waals surface area contributed by atoms with Crippen LogP contribution in [0.1, 0.15) is 6.42 Å². The van der Waals surface area contributed by atoms with Gasteiger partial charge in [-0.2, -0.15) is 0 Å². The topological polar surface area (TPSA) is 215 Å². The fourth-order valence-electron chi connectivity index (χ4n) is 2.05. The van der Waals surface area contributed by atoms with Gasteiger partial charge in [0.25, 0.3) is 0 Å². The van der Waals surface area contributed by atoms with Crippen molar-refractivity contribution >= 4 is 18.0 Å². The molecule has 1 rings (SSSR count). The zero-order valence-electron chi connectivity index (χ0n) is 12.1. The fourth-order valence-corrected chi connectivity index (χ4v) is 2.05. The summed E-state index contributed by atoms with van der Waals surface area (Å²) in [6.07, 6.45) is -9.37. The number of carboxylic acids is 2. The van der Waals surface area contributed by atoms with Crippen LogP contribution in [0.15, 0.2) is 0 Å². The van der Waals surface area contributed by atoms with Crippen molar-refractivity contribution in [2.24, 2.45) is 0 Å². The van der Waals surface area contributed by atoms with Gasteiger partial charge < -0.3 is 40.3 Å². The molecule has 0 saturated carbocycles. The van der Waals surface area contributed by atoms with E-state index in [0.29, 0.717) is 0 Å². The van der Waals surface area contributed by atoms with Gasteiger partial charge in [0.1, 0.15) is 24.4 Å². The number of urea groups is 1. The highest BCUT2D eigenvalue weighted by molar-refractivity contribution is 5.79. The Labute approximate surface area is 134 Å². The highest BCUT2D eigenvalue weighted by atomic mass is 16.7. The molecule has 13 heteroatoms. The van der Waals surface area contributed by atoms with E-state index in [4.69, 9.17) is 30.0 Å². The number of aliphatic hydroxyl groups is 3. The molecule has 13 nitrogen and oxygen atoms in total. The Kier molecular flexibility index (Phi) is 7.27. The van der Waals surface area contributed by atoms with Gasteiger partial charge in [-0.1, -0.05) is 0 Å². The Hall–Kier alpha value is -2.03. The fraction of sp³-hybridized carbons (Fsp3) is 0.727. The third-order valence-electron chi connectivity index (χ3n) is 3.21. The molecule has 0 radical (unpaired) electrons. The molecule has 0 aromatic heterocycles. The molecule has 0 aromatic rings. The summed E-state index contributed by atoms with van der Waals surface area (Å²) < 4.78 is 10.0. The summed E-state index contributed by atoms with van der Waals surface area (Å²) in [6, 6.07) is -2.79. The van der Waals surface area contributed by atoms with Crippen LogP contribution in [0, 0.1) is 0 Å². The molecule has 1 heterocycles. The Balaban J connectivity index is 2.99. The van der Waals surface area contributed by atoms with Crippen LogP contribution in [0.4, 0.5) is 4.79 Å². The molecule has 8 N–H and O–H groups in total.